The molecule has 0 aromatic heterocycles. The van der Waals surface area contributed by atoms with E-state index in [1.807, 2.05) is 0 Å². The Morgan fingerprint density at radius 1 is 0.375 bits per heavy atom. The molecule has 0 radical (unpaired) electrons. The molecule has 0 N–H and O–H groups in total. The van der Waals surface area contributed by atoms with Crippen molar-refractivity contribution < 1.29 is 0 Å². The van der Waals surface area contributed by atoms with Gasteiger partial charge in [0.05, 0.1) is 0 Å². The van der Waals surface area contributed by atoms with Crippen LogP contribution < -0.4 is 21.2 Å². The maximum atomic E-state index is 2.57. The van der Waals surface area contributed by atoms with Gasteiger partial charge in [0.25, 0.3) is 0 Å². The summed E-state index contributed by atoms with van der Waals surface area (Å²) in [5.41, 5.74) is 3.06. The summed E-state index contributed by atoms with van der Waals surface area (Å²) in [7, 11) is -1.00. The van der Waals surface area contributed by atoms with Gasteiger partial charge in [-0.1, -0.05) is 121 Å². The fourth-order valence-corrected chi connectivity index (χ4v) is 8.35. The highest BCUT2D eigenvalue weighted by Gasteiger charge is 2.22. The molecular weight excluding hydrogens is 422 g/mol. The lowest BCUT2D eigenvalue weighted by Gasteiger charge is -2.27. The van der Waals surface area contributed by atoms with Gasteiger partial charge in [-0.05, 0) is 72.7 Å². The maximum Gasteiger partial charge on any atom is -0.0157 e. The van der Waals surface area contributed by atoms with E-state index >= 15 is 0 Å². The summed E-state index contributed by atoms with van der Waals surface area (Å²) in [5.74, 6) is 5.14. The van der Waals surface area contributed by atoms with Crippen molar-refractivity contribution in [3.8, 4) is 0 Å². The topological polar surface area (TPSA) is 0 Å². The zero-order valence-corrected chi connectivity index (χ0v) is 19.8. The van der Waals surface area contributed by atoms with Gasteiger partial charge >= 0.3 is 0 Å². The third kappa shape index (κ3) is 4.83. The second kappa shape index (κ2) is 10.2. The highest BCUT2D eigenvalue weighted by molar-refractivity contribution is 7.76. The van der Waals surface area contributed by atoms with Crippen LogP contribution in [0.2, 0.25) is 0 Å². The number of allylic oxidation sites excluding steroid dienone is 2. The van der Waals surface area contributed by atoms with E-state index in [1.54, 1.807) is 0 Å². The standard InChI is InChI=1S/C30H26P2/c1-5-13-27(14-6-1)31(28-15-7-2-8-16-28)23-25-21-22-26(25)24-32(29-17-9-3-10-18-29)30-19-11-4-12-20-30/h1-20,23-24H,21-22H2/b25-23+,26-24+. The van der Waals surface area contributed by atoms with Crippen molar-refractivity contribution in [2.75, 3.05) is 0 Å². The van der Waals surface area contributed by atoms with Crippen molar-refractivity contribution in [1.82, 2.24) is 0 Å². The number of hydrogen-bond acceptors (Lipinski definition) is 0. The molecule has 1 aliphatic carbocycles. The van der Waals surface area contributed by atoms with Crippen LogP contribution in [0.25, 0.3) is 0 Å². The van der Waals surface area contributed by atoms with E-state index in [4.69, 9.17) is 0 Å². The summed E-state index contributed by atoms with van der Waals surface area (Å²) < 4.78 is 0. The summed E-state index contributed by atoms with van der Waals surface area (Å²) in [6.45, 7) is 0. The Morgan fingerprint density at radius 2 is 0.625 bits per heavy atom. The third-order valence-electron chi connectivity index (χ3n) is 5.78. The predicted octanol–water partition coefficient (Wildman–Crippen LogP) is 6.81. The van der Waals surface area contributed by atoms with Gasteiger partial charge in [-0.3, -0.25) is 0 Å². The van der Waals surface area contributed by atoms with Gasteiger partial charge in [0.1, 0.15) is 0 Å². The van der Waals surface area contributed by atoms with Crippen LogP contribution in [-0.4, -0.2) is 0 Å². The van der Waals surface area contributed by atoms with Gasteiger partial charge in [-0.2, -0.15) is 0 Å². The van der Waals surface area contributed by atoms with Crippen LogP contribution in [0.1, 0.15) is 12.8 Å². The zero-order chi connectivity index (χ0) is 21.6. The average Bonchev–Trinajstić information content (AvgIpc) is 2.86. The molecule has 0 amide bonds. The molecule has 1 fully saturated rings. The monoisotopic (exact) mass is 448 g/mol. The molecule has 0 aliphatic heterocycles. The Morgan fingerprint density at radius 3 is 0.844 bits per heavy atom. The minimum absolute atomic E-state index is 0.501. The molecule has 0 spiro atoms. The first kappa shape index (κ1) is 21.1. The molecule has 1 saturated carbocycles. The van der Waals surface area contributed by atoms with Crippen LogP contribution in [-0.2, 0) is 0 Å². The highest BCUT2D eigenvalue weighted by atomic mass is 31.1. The van der Waals surface area contributed by atoms with E-state index in [-0.39, 0.29) is 0 Å². The Bertz CT molecular complexity index is 1020. The molecule has 0 bridgehead atoms. The quantitative estimate of drug-likeness (QED) is 0.284. The van der Waals surface area contributed by atoms with E-state index in [9.17, 15) is 0 Å². The predicted molar refractivity (Wildman–Crippen MR) is 144 cm³/mol. The molecule has 0 nitrogen and oxygen atoms in total. The molecule has 1 aliphatic rings. The molecule has 0 saturated heterocycles. The first-order valence-electron chi connectivity index (χ1n) is 11.1. The van der Waals surface area contributed by atoms with Crippen molar-refractivity contribution in [2.45, 2.75) is 12.8 Å². The Labute approximate surface area is 193 Å². The van der Waals surface area contributed by atoms with Crippen molar-refractivity contribution in [3.63, 3.8) is 0 Å². The lowest BCUT2D eigenvalue weighted by Crippen LogP contribution is -2.14. The van der Waals surface area contributed by atoms with E-state index in [0.29, 0.717) is 0 Å². The second-order valence-electron chi connectivity index (χ2n) is 7.89. The molecule has 0 unspecified atom stereocenters. The van der Waals surface area contributed by atoms with Crippen LogP contribution in [0.3, 0.4) is 0 Å². The number of rotatable bonds is 6. The first-order chi connectivity index (χ1) is 15.9. The third-order valence-corrected chi connectivity index (χ3v) is 10.3. The van der Waals surface area contributed by atoms with Crippen molar-refractivity contribution in [2.24, 2.45) is 0 Å². The summed E-state index contributed by atoms with van der Waals surface area (Å²) in [4.78, 5) is 0. The lowest BCUT2D eigenvalue weighted by molar-refractivity contribution is 0.830. The minimum atomic E-state index is -0.501. The largest absolute Gasteiger partial charge is 0.0622 e. The van der Waals surface area contributed by atoms with Crippen LogP contribution in [0.4, 0.5) is 0 Å². The maximum absolute atomic E-state index is 2.57. The fourth-order valence-electron chi connectivity index (χ4n) is 3.97. The van der Waals surface area contributed by atoms with Crippen LogP contribution >= 0.6 is 15.8 Å². The molecular formula is C30H26P2. The SMILES string of the molecule is C(=C1/CC/C1=C\P(c1ccccc1)c1ccccc1)/P(c1ccccc1)c1ccccc1. The summed E-state index contributed by atoms with van der Waals surface area (Å²) >= 11 is 0. The molecule has 156 valence electrons. The fraction of sp³-hybridized carbons (Fsp3) is 0.0667. The molecule has 4 aromatic carbocycles. The van der Waals surface area contributed by atoms with E-state index in [2.05, 4.69) is 133 Å². The molecule has 2 heteroatoms. The molecule has 32 heavy (non-hydrogen) atoms. The highest BCUT2D eigenvalue weighted by Crippen LogP contribution is 2.47. The second-order valence-corrected chi connectivity index (χ2v) is 12.0. The normalized spacial score (nSPS) is 15.9. The van der Waals surface area contributed by atoms with Gasteiger partial charge in [-0.15, -0.1) is 0 Å². The van der Waals surface area contributed by atoms with E-state index in [1.165, 1.54) is 45.2 Å². The van der Waals surface area contributed by atoms with Gasteiger partial charge in [-0.25, -0.2) is 0 Å². The minimum Gasteiger partial charge on any atom is -0.0622 e. The Hall–Kier alpha value is -2.78. The average molecular weight is 448 g/mol. The zero-order valence-electron chi connectivity index (χ0n) is 18.0. The summed E-state index contributed by atoms with van der Waals surface area (Å²) in [5, 5.41) is 5.67. The lowest BCUT2D eigenvalue weighted by atomic mass is 9.88. The van der Waals surface area contributed by atoms with Gasteiger partial charge < -0.3 is 0 Å². The van der Waals surface area contributed by atoms with Gasteiger partial charge in [0.2, 0.25) is 0 Å². The smallest absolute Gasteiger partial charge is 0.0157 e. The molecule has 0 atom stereocenters. The first-order valence-corrected chi connectivity index (χ1v) is 13.9. The van der Waals surface area contributed by atoms with E-state index in [0.717, 1.165) is 0 Å². The number of benzene rings is 4. The van der Waals surface area contributed by atoms with Gasteiger partial charge in [0.15, 0.2) is 0 Å². The van der Waals surface area contributed by atoms with Crippen LogP contribution in [0.5, 0.6) is 0 Å². The van der Waals surface area contributed by atoms with Crippen molar-refractivity contribution in [3.05, 3.63) is 144 Å². The number of hydrogen-bond donors (Lipinski definition) is 0. The van der Waals surface area contributed by atoms with Crippen LogP contribution in [0.15, 0.2) is 144 Å². The van der Waals surface area contributed by atoms with Gasteiger partial charge in [0, 0.05) is 0 Å². The van der Waals surface area contributed by atoms with E-state index < -0.39 is 15.8 Å². The Balaban J connectivity index is 1.53. The molecule has 4 aromatic rings. The summed E-state index contributed by atoms with van der Waals surface area (Å²) in [6.07, 6.45) is 2.36. The summed E-state index contributed by atoms with van der Waals surface area (Å²) in [6, 6.07) is 43.9. The van der Waals surface area contributed by atoms with Crippen LogP contribution in [0, 0.1) is 0 Å². The Kier molecular flexibility index (Phi) is 6.74. The van der Waals surface area contributed by atoms with Crippen molar-refractivity contribution >= 4 is 37.1 Å². The molecule has 0 heterocycles. The molecule has 5 rings (SSSR count). The van der Waals surface area contributed by atoms with Crippen molar-refractivity contribution in [1.29, 1.82) is 0 Å².